The van der Waals surface area contributed by atoms with Gasteiger partial charge < -0.3 is 14.2 Å². The molecule has 0 atom stereocenters. The van der Waals surface area contributed by atoms with Gasteiger partial charge in [-0.2, -0.15) is 4.39 Å². The Hall–Kier alpha value is -3.16. The van der Waals surface area contributed by atoms with E-state index >= 15 is 0 Å². The summed E-state index contributed by atoms with van der Waals surface area (Å²) in [5.74, 6) is -1.07. The minimum absolute atomic E-state index is 0.193. The normalized spacial score (nSPS) is 14.8. The SMILES string of the molecule is Cc1ccc2nc(C(=O)N3CCN(C(=O)c4ccco4)CC3)c(F)n2c1. The fraction of sp³-hybridized carbons (Fsp3) is 0.278. The van der Waals surface area contributed by atoms with Gasteiger partial charge in [0, 0.05) is 32.4 Å². The molecule has 0 radical (unpaired) electrons. The largest absolute Gasteiger partial charge is 0.459 e. The van der Waals surface area contributed by atoms with Crippen LogP contribution in [0.5, 0.6) is 0 Å². The summed E-state index contributed by atoms with van der Waals surface area (Å²) >= 11 is 0. The van der Waals surface area contributed by atoms with E-state index < -0.39 is 11.9 Å². The standard InChI is InChI=1S/C18H17FN4O3/c1-12-4-5-14-20-15(16(19)23(14)11-12)18(25)22-8-6-21(7-9-22)17(24)13-3-2-10-26-13/h2-5,10-11H,6-9H2,1H3. The van der Waals surface area contributed by atoms with Crippen molar-refractivity contribution in [2.75, 3.05) is 26.2 Å². The average Bonchev–Trinajstić information content (AvgIpc) is 3.30. The Bertz CT molecular complexity index is 972. The van der Waals surface area contributed by atoms with E-state index in [9.17, 15) is 14.0 Å². The Morgan fingerprint density at radius 3 is 2.42 bits per heavy atom. The molecule has 0 saturated carbocycles. The minimum Gasteiger partial charge on any atom is -0.459 e. The van der Waals surface area contributed by atoms with Gasteiger partial charge in [-0.05, 0) is 30.7 Å². The number of halogens is 1. The van der Waals surface area contributed by atoms with Gasteiger partial charge in [0.2, 0.25) is 5.95 Å². The number of aryl methyl sites for hydroxylation is 1. The summed E-state index contributed by atoms with van der Waals surface area (Å²) in [5.41, 5.74) is 1.07. The molecule has 0 unspecified atom stereocenters. The summed E-state index contributed by atoms with van der Waals surface area (Å²) in [6.07, 6.45) is 3.05. The fourth-order valence-electron chi connectivity index (χ4n) is 3.08. The maximum Gasteiger partial charge on any atom is 0.289 e. The van der Waals surface area contributed by atoms with E-state index in [0.717, 1.165) is 5.56 Å². The zero-order chi connectivity index (χ0) is 18.3. The molecule has 1 aliphatic rings. The molecule has 0 N–H and O–H groups in total. The lowest BCUT2D eigenvalue weighted by atomic mass is 10.2. The second kappa shape index (κ2) is 6.29. The molecular formula is C18H17FN4O3. The van der Waals surface area contributed by atoms with Gasteiger partial charge in [0.1, 0.15) is 5.65 Å². The van der Waals surface area contributed by atoms with Crippen molar-refractivity contribution >= 4 is 17.5 Å². The number of hydrogen-bond donors (Lipinski definition) is 0. The highest BCUT2D eigenvalue weighted by Crippen LogP contribution is 2.16. The summed E-state index contributed by atoms with van der Waals surface area (Å²) in [6.45, 7) is 3.20. The zero-order valence-electron chi connectivity index (χ0n) is 14.2. The van der Waals surface area contributed by atoms with Gasteiger partial charge in [-0.3, -0.25) is 14.0 Å². The van der Waals surface area contributed by atoms with Crippen molar-refractivity contribution in [2.45, 2.75) is 6.92 Å². The summed E-state index contributed by atoms with van der Waals surface area (Å²) < 4.78 is 21.0. The van der Waals surface area contributed by atoms with Crippen molar-refractivity contribution < 1.29 is 18.4 Å². The lowest BCUT2D eigenvalue weighted by Gasteiger charge is -2.33. The number of nitrogens with zero attached hydrogens (tertiary/aromatic N) is 4. The highest BCUT2D eigenvalue weighted by atomic mass is 19.1. The number of imidazole rings is 1. The van der Waals surface area contributed by atoms with E-state index in [1.54, 1.807) is 29.3 Å². The molecule has 8 heteroatoms. The molecule has 0 spiro atoms. The first-order chi connectivity index (χ1) is 12.5. The molecule has 4 heterocycles. The van der Waals surface area contributed by atoms with E-state index in [2.05, 4.69) is 4.98 Å². The number of hydrogen-bond acceptors (Lipinski definition) is 4. The lowest BCUT2D eigenvalue weighted by molar-refractivity contribution is 0.0512. The highest BCUT2D eigenvalue weighted by Gasteiger charge is 2.29. The van der Waals surface area contributed by atoms with Gasteiger partial charge >= 0.3 is 0 Å². The van der Waals surface area contributed by atoms with Crippen molar-refractivity contribution in [1.82, 2.24) is 19.2 Å². The predicted octanol–water partition coefficient (Wildman–Crippen LogP) is 1.97. The van der Waals surface area contributed by atoms with Crippen molar-refractivity contribution in [1.29, 1.82) is 0 Å². The topological polar surface area (TPSA) is 71.1 Å². The van der Waals surface area contributed by atoms with Gasteiger partial charge in [-0.25, -0.2) is 4.98 Å². The monoisotopic (exact) mass is 356 g/mol. The van der Waals surface area contributed by atoms with Gasteiger partial charge in [-0.15, -0.1) is 0 Å². The average molecular weight is 356 g/mol. The third-order valence-electron chi connectivity index (χ3n) is 4.50. The number of furan rings is 1. The van der Waals surface area contributed by atoms with Crippen LogP contribution in [0.25, 0.3) is 5.65 Å². The smallest absolute Gasteiger partial charge is 0.289 e. The predicted molar refractivity (Wildman–Crippen MR) is 90.4 cm³/mol. The molecule has 3 aromatic rings. The van der Waals surface area contributed by atoms with Gasteiger partial charge in [0.05, 0.1) is 6.26 Å². The Labute approximate surface area is 148 Å². The van der Waals surface area contributed by atoms with Crippen LogP contribution in [0.4, 0.5) is 4.39 Å². The molecule has 0 aliphatic carbocycles. The number of carbonyl (C=O) groups is 2. The molecule has 0 aromatic carbocycles. The number of rotatable bonds is 2. The van der Waals surface area contributed by atoms with E-state index in [-0.39, 0.29) is 17.4 Å². The number of carbonyl (C=O) groups excluding carboxylic acids is 2. The summed E-state index contributed by atoms with van der Waals surface area (Å²) in [7, 11) is 0. The molecule has 3 aromatic heterocycles. The van der Waals surface area contributed by atoms with Crippen LogP contribution < -0.4 is 0 Å². The molecule has 1 aliphatic heterocycles. The van der Waals surface area contributed by atoms with Gasteiger partial charge in [0.15, 0.2) is 11.5 Å². The molecule has 1 fully saturated rings. The van der Waals surface area contributed by atoms with Crippen LogP contribution in [0, 0.1) is 12.9 Å². The molecular weight excluding hydrogens is 339 g/mol. The molecule has 4 rings (SSSR count). The highest BCUT2D eigenvalue weighted by molar-refractivity contribution is 5.94. The van der Waals surface area contributed by atoms with Crippen LogP contribution in [-0.2, 0) is 0 Å². The number of aromatic nitrogens is 2. The molecule has 134 valence electrons. The molecule has 2 amide bonds. The van der Waals surface area contributed by atoms with Crippen molar-refractivity contribution in [3.05, 3.63) is 59.7 Å². The number of pyridine rings is 1. The van der Waals surface area contributed by atoms with Gasteiger partial charge in [0.25, 0.3) is 11.8 Å². The minimum atomic E-state index is -0.664. The first-order valence-corrected chi connectivity index (χ1v) is 8.31. The quantitative estimate of drug-likeness (QED) is 0.704. The lowest BCUT2D eigenvalue weighted by Crippen LogP contribution is -2.50. The second-order valence-electron chi connectivity index (χ2n) is 6.25. The maximum absolute atomic E-state index is 14.6. The molecule has 1 saturated heterocycles. The summed E-state index contributed by atoms with van der Waals surface area (Å²) in [6, 6.07) is 6.75. The Balaban J connectivity index is 1.49. The summed E-state index contributed by atoms with van der Waals surface area (Å²) in [5, 5.41) is 0. The second-order valence-corrected chi connectivity index (χ2v) is 6.25. The van der Waals surface area contributed by atoms with Crippen molar-refractivity contribution in [3.63, 3.8) is 0 Å². The van der Waals surface area contributed by atoms with Crippen LogP contribution in [0.3, 0.4) is 0 Å². The van der Waals surface area contributed by atoms with E-state index in [1.165, 1.54) is 15.6 Å². The third kappa shape index (κ3) is 2.73. The Morgan fingerprint density at radius 1 is 1.08 bits per heavy atom. The first kappa shape index (κ1) is 16.3. The molecule has 0 bridgehead atoms. The van der Waals surface area contributed by atoms with E-state index in [4.69, 9.17) is 4.42 Å². The number of amides is 2. The van der Waals surface area contributed by atoms with Crippen molar-refractivity contribution in [3.8, 4) is 0 Å². The van der Waals surface area contributed by atoms with Crippen molar-refractivity contribution in [2.24, 2.45) is 0 Å². The number of piperazine rings is 1. The van der Waals surface area contributed by atoms with E-state index in [0.29, 0.717) is 31.8 Å². The Kier molecular flexibility index (Phi) is 3.95. The van der Waals surface area contributed by atoms with Crippen LogP contribution in [0.15, 0.2) is 41.1 Å². The summed E-state index contributed by atoms with van der Waals surface area (Å²) in [4.78, 5) is 32.2. The van der Waals surface area contributed by atoms with Crippen LogP contribution in [0.2, 0.25) is 0 Å². The van der Waals surface area contributed by atoms with Gasteiger partial charge in [-0.1, -0.05) is 6.07 Å². The number of fused-ring (bicyclic) bond motifs is 1. The van der Waals surface area contributed by atoms with E-state index in [1.807, 2.05) is 13.0 Å². The third-order valence-corrected chi connectivity index (χ3v) is 4.50. The Morgan fingerprint density at radius 2 is 1.77 bits per heavy atom. The first-order valence-electron chi connectivity index (χ1n) is 8.31. The zero-order valence-corrected chi connectivity index (χ0v) is 14.2. The molecule has 7 nitrogen and oxygen atoms in total. The van der Waals surface area contributed by atoms with Crippen LogP contribution in [0.1, 0.15) is 26.6 Å². The fourth-order valence-corrected chi connectivity index (χ4v) is 3.08. The van der Waals surface area contributed by atoms with Crippen LogP contribution >= 0.6 is 0 Å². The molecule has 26 heavy (non-hydrogen) atoms. The van der Waals surface area contributed by atoms with Crippen LogP contribution in [-0.4, -0.2) is 57.2 Å². The maximum atomic E-state index is 14.6.